The molecular formula is C19H23N3O2. The highest BCUT2D eigenvalue weighted by Gasteiger charge is 2.13. The average molecular weight is 325 g/mol. The van der Waals surface area contributed by atoms with Crippen LogP contribution in [0.15, 0.2) is 59.8 Å². The smallest absolute Gasteiger partial charge is 0.265 e. The number of oxime groups is 1. The summed E-state index contributed by atoms with van der Waals surface area (Å²) in [4.78, 5) is 16.9. The molecule has 5 heteroatoms. The summed E-state index contributed by atoms with van der Waals surface area (Å²) < 4.78 is 0. The van der Waals surface area contributed by atoms with E-state index >= 15 is 0 Å². The van der Waals surface area contributed by atoms with Gasteiger partial charge in [0.2, 0.25) is 0 Å². The van der Waals surface area contributed by atoms with Crippen LogP contribution in [0.5, 0.6) is 0 Å². The summed E-state index contributed by atoms with van der Waals surface area (Å²) in [6, 6.07) is 17.0. The molecule has 0 unspecified atom stereocenters. The van der Waals surface area contributed by atoms with Gasteiger partial charge in [-0.2, -0.15) is 0 Å². The molecule has 5 nitrogen and oxygen atoms in total. The fourth-order valence-electron chi connectivity index (χ4n) is 2.07. The van der Waals surface area contributed by atoms with E-state index in [-0.39, 0.29) is 23.8 Å². The molecule has 3 N–H and O–H groups in total. The van der Waals surface area contributed by atoms with Gasteiger partial charge in [-0.3, -0.25) is 4.79 Å². The maximum absolute atomic E-state index is 11.9. The minimum absolute atomic E-state index is 0.0787. The first-order valence-corrected chi connectivity index (χ1v) is 7.77. The summed E-state index contributed by atoms with van der Waals surface area (Å²) in [6.45, 7) is 6.23. The number of carbonyl (C=O) groups excluding carboxylic acids is 1. The van der Waals surface area contributed by atoms with Crippen LogP contribution in [0.3, 0.4) is 0 Å². The van der Waals surface area contributed by atoms with Gasteiger partial charge >= 0.3 is 0 Å². The van der Waals surface area contributed by atoms with Crippen molar-refractivity contribution >= 4 is 17.4 Å². The molecule has 0 fully saturated rings. The molecule has 2 rings (SSSR count). The molecule has 0 aromatic heterocycles. The van der Waals surface area contributed by atoms with Gasteiger partial charge < -0.3 is 15.9 Å². The van der Waals surface area contributed by atoms with Crippen molar-refractivity contribution in [3.63, 3.8) is 0 Å². The number of amidine groups is 1. The van der Waals surface area contributed by atoms with Crippen LogP contribution in [0.1, 0.15) is 31.9 Å². The van der Waals surface area contributed by atoms with Crippen LogP contribution in [-0.4, -0.2) is 18.3 Å². The predicted octanol–water partition coefficient (Wildman–Crippen LogP) is 3.26. The van der Waals surface area contributed by atoms with Crippen LogP contribution in [0, 0.1) is 0 Å². The quantitative estimate of drug-likeness (QED) is 0.503. The van der Waals surface area contributed by atoms with E-state index in [1.165, 1.54) is 5.56 Å². The molecule has 2 aromatic rings. The molecule has 0 heterocycles. The zero-order chi connectivity index (χ0) is 17.6. The van der Waals surface area contributed by atoms with Crippen molar-refractivity contribution in [3.8, 4) is 0 Å². The lowest BCUT2D eigenvalue weighted by Gasteiger charge is -2.19. The number of carbonyl (C=O) groups is 1. The Labute approximate surface area is 142 Å². The van der Waals surface area contributed by atoms with Crippen molar-refractivity contribution in [2.45, 2.75) is 26.2 Å². The fourth-order valence-corrected chi connectivity index (χ4v) is 2.07. The second-order valence-corrected chi connectivity index (χ2v) is 6.49. The van der Waals surface area contributed by atoms with E-state index in [1.54, 1.807) is 0 Å². The number of hydrogen-bond acceptors (Lipinski definition) is 3. The Morgan fingerprint density at radius 3 is 2.29 bits per heavy atom. The van der Waals surface area contributed by atoms with Gasteiger partial charge in [0.25, 0.3) is 5.91 Å². The van der Waals surface area contributed by atoms with Gasteiger partial charge in [0.15, 0.2) is 12.4 Å². The van der Waals surface area contributed by atoms with Crippen molar-refractivity contribution < 1.29 is 9.63 Å². The van der Waals surface area contributed by atoms with E-state index in [1.807, 2.05) is 54.6 Å². The highest BCUT2D eigenvalue weighted by molar-refractivity contribution is 5.97. The fraction of sp³-hybridized carbons (Fsp3) is 0.263. The van der Waals surface area contributed by atoms with Gasteiger partial charge in [-0.25, -0.2) is 0 Å². The third-order valence-electron chi connectivity index (χ3n) is 3.46. The van der Waals surface area contributed by atoms with Crippen molar-refractivity contribution in [1.82, 2.24) is 0 Å². The van der Waals surface area contributed by atoms with Gasteiger partial charge in [0.05, 0.1) is 0 Å². The lowest BCUT2D eigenvalue weighted by atomic mass is 9.87. The molecule has 0 aliphatic heterocycles. The normalized spacial score (nSPS) is 11.9. The number of benzene rings is 2. The second kappa shape index (κ2) is 7.64. The molecule has 0 atom stereocenters. The Morgan fingerprint density at radius 1 is 1.08 bits per heavy atom. The Hall–Kier alpha value is -2.82. The van der Waals surface area contributed by atoms with Gasteiger partial charge in [-0.05, 0) is 23.1 Å². The average Bonchev–Trinajstić information content (AvgIpc) is 2.55. The number of nitrogens with two attached hydrogens (primary N) is 1. The predicted molar refractivity (Wildman–Crippen MR) is 96.9 cm³/mol. The maximum atomic E-state index is 11.9. The first-order chi connectivity index (χ1) is 11.4. The summed E-state index contributed by atoms with van der Waals surface area (Å²) >= 11 is 0. The second-order valence-electron chi connectivity index (χ2n) is 6.49. The van der Waals surface area contributed by atoms with Crippen molar-refractivity contribution in [1.29, 1.82) is 0 Å². The van der Waals surface area contributed by atoms with Crippen LogP contribution in [0.2, 0.25) is 0 Å². The Balaban J connectivity index is 1.85. The lowest BCUT2D eigenvalue weighted by Crippen LogP contribution is -2.19. The largest absolute Gasteiger partial charge is 0.384 e. The third-order valence-corrected chi connectivity index (χ3v) is 3.46. The van der Waals surface area contributed by atoms with E-state index in [0.29, 0.717) is 0 Å². The summed E-state index contributed by atoms with van der Waals surface area (Å²) in [5.74, 6) is -0.0546. The van der Waals surface area contributed by atoms with E-state index < -0.39 is 0 Å². The third kappa shape index (κ3) is 5.12. The van der Waals surface area contributed by atoms with E-state index in [9.17, 15) is 4.79 Å². The zero-order valence-corrected chi connectivity index (χ0v) is 14.2. The minimum Gasteiger partial charge on any atom is -0.384 e. The molecule has 0 bridgehead atoms. The summed E-state index contributed by atoms with van der Waals surface area (Å²) in [5, 5.41) is 6.52. The number of nitrogens with one attached hydrogen (secondary N) is 1. The molecule has 126 valence electrons. The minimum atomic E-state index is -0.289. The van der Waals surface area contributed by atoms with Gasteiger partial charge in [-0.1, -0.05) is 68.4 Å². The first-order valence-electron chi connectivity index (χ1n) is 7.77. The monoisotopic (exact) mass is 325 g/mol. The molecular weight excluding hydrogens is 302 g/mol. The van der Waals surface area contributed by atoms with Crippen molar-refractivity contribution in [2.75, 3.05) is 11.9 Å². The highest BCUT2D eigenvalue weighted by Crippen LogP contribution is 2.23. The van der Waals surface area contributed by atoms with Crippen LogP contribution >= 0.6 is 0 Å². The zero-order valence-electron chi connectivity index (χ0n) is 14.2. The maximum Gasteiger partial charge on any atom is 0.265 e. The topological polar surface area (TPSA) is 76.7 Å². The molecule has 0 saturated heterocycles. The van der Waals surface area contributed by atoms with Crippen molar-refractivity contribution in [3.05, 3.63) is 65.7 Å². The standard InChI is InChI=1S/C19H23N3O2/c1-19(2,3)15-9-11-16(12-10-15)21-17(23)13-24-22-18(20)14-7-5-4-6-8-14/h4-12H,13H2,1-3H3,(H2,20,22)(H,21,23). The van der Waals surface area contributed by atoms with E-state index in [2.05, 4.69) is 31.2 Å². The van der Waals surface area contributed by atoms with Crippen LogP contribution in [0.4, 0.5) is 5.69 Å². The van der Waals surface area contributed by atoms with E-state index in [4.69, 9.17) is 10.6 Å². The van der Waals surface area contributed by atoms with E-state index in [0.717, 1.165) is 11.3 Å². The Morgan fingerprint density at radius 2 is 1.71 bits per heavy atom. The molecule has 0 aliphatic rings. The molecule has 2 aromatic carbocycles. The van der Waals surface area contributed by atoms with Gasteiger partial charge in [0, 0.05) is 11.3 Å². The Kier molecular flexibility index (Phi) is 5.58. The first kappa shape index (κ1) is 17.5. The summed E-state index contributed by atoms with van der Waals surface area (Å²) in [5.41, 5.74) is 8.53. The van der Waals surface area contributed by atoms with Gasteiger partial charge in [0.1, 0.15) is 0 Å². The molecule has 0 aliphatic carbocycles. The number of nitrogens with zero attached hydrogens (tertiary/aromatic N) is 1. The lowest BCUT2D eigenvalue weighted by molar-refractivity contribution is -0.120. The number of amides is 1. The molecule has 24 heavy (non-hydrogen) atoms. The van der Waals surface area contributed by atoms with Gasteiger partial charge in [-0.15, -0.1) is 0 Å². The van der Waals surface area contributed by atoms with Crippen LogP contribution < -0.4 is 11.1 Å². The molecule has 0 spiro atoms. The number of rotatable bonds is 5. The van der Waals surface area contributed by atoms with Crippen LogP contribution in [-0.2, 0) is 15.0 Å². The number of hydrogen-bond donors (Lipinski definition) is 2. The van der Waals surface area contributed by atoms with Crippen LogP contribution in [0.25, 0.3) is 0 Å². The Bertz CT molecular complexity index is 702. The highest BCUT2D eigenvalue weighted by atomic mass is 16.6. The summed E-state index contributed by atoms with van der Waals surface area (Å²) in [6.07, 6.45) is 0. The molecule has 1 amide bonds. The molecule has 0 saturated carbocycles. The number of anilines is 1. The van der Waals surface area contributed by atoms with Crippen molar-refractivity contribution in [2.24, 2.45) is 10.9 Å². The summed E-state index contributed by atoms with van der Waals surface area (Å²) in [7, 11) is 0. The molecule has 0 radical (unpaired) electrons. The SMILES string of the molecule is CC(C)(C)c1ccc(NC(=O)CO/N=C(\N)c2ccccc2)cc1.